The summed E-state index contributed by atoms with van der Waals surface area (Å²) in [6, 6.07) is 10.7. The van der Waals surface area contributed by atoms with Gasteiger partial charge >= 0.3 is 0 Å². The lowest BCUT2D eigenvalue weighted by Gasteiger charge is -2.32. The summed E-state index contributed by atoms with van der Waals surface area (Å²) in [5, 5.41) is 5.68. The van der Waals surface area contributed by atoms with Gasteiger partial charge in [-0.2, -0.15) is 4.98 Å². The van der Waals surface area contributed by atoms with Crippen LogP contribution < -0.4 is 10.2 Å². The van der Waals surface area contributed by atoms with Crippen molar-refractivity contribution >= 4 is 33.9 Å². The summed E-state index contributed by atoms with van der Waals surface area (Å²) < 4.78 is 1.96. The van der Waals surface area contributed by atoms with Crippen LogP contribution in [-0.2, 0) is 6.42 Å². The molecule has 0 spiro atoms. The summed E-state index contributed by atoms with van der Waals surface area (Å²) in [4.78, 5) is 17.9. The third-order valence-electron chi connectivity index (χ3n) is 5.53. The van der Waals surface area contributed by atoms with E-state index in [1.165, 1.54) is 23.3 Å². The van der Waals surface area contributed by atoms with Crippen molar-refractivity contribution in [1.82, 2.24) is 19.5 Å². The molecule has 0 fully saturated rings. The average molecular weight is 374 g/mol. The Morgan fingerprint density at radius 2 is 2.11 bits per heavy atom. The first-order valence-corrected chi connectivity index (χ1v) is 10.1. The van der Waals surface area contributed by atoms with E-state index in [1.54, 1.807) is 6.33 Å². The maximum atomic E-state index is 4.94. The number of rotatable bonds is 2. The van der Waals surface area contributed by atoms with E-state index in [1.807, 2.05) is 46.4 Å². The standard InChI is InChI=1S/C20H18N6S/c1-2-5-17-14(4-1)22-12-26(17)20-21-10-15-19(24-20)25(11-23-15)16-6-3-7-18-13(16)8-9-27-18/h1-2,4-5,8-10,12,16,23H,3,6-7,11H2. The maximum Gasteiger partial charge on any atom is 0.237 e. The van der Waals surface area contributed by atoms with Crippen LogP contribution in [0.2, 0.25) is 0 Å². The predicted octanol–water partition coefficient (Wildman–Crippen LogP) is 4.14. The lowest BCUT2D eigenvalue weighted by atomic mass is 9.93. The highest BCUT2D eigenvalue weighted by atomic mass is 32.1. The number of aromatic nitrogens is 4. The van der Waals surface area contributed by atoms with Crippen LogP contribution in [0.5, 0.6) is 0 Å². The Labute approximate surface area is 160 Å². The Kier molecular flexibility index (Phi) is 3.25. The van der Waals surface area contributed by atoms with Gasteiger partial charge < -0.3 is 10.2 Å². The van der Waals surface area contributed by atoms with E-state index >= 15 is 0 Å². The molecule has 0 saturated heterocycles. The van der Waals surface area contributed by atoms with Crippen LogP contribution in [0.4, 0.5) is 11.5 Å². The largest absolute Gasteiger partial charge is 0.363 e. The minimum absolute atomic E-state index is 0.385. The smallest absolute Gasteiger partial charge is 0.237 e. The van der Waals surface area contributed by atoms with Gasteiger partial charge in [-0.05, 0) is 48.4 Å². The Balaban J connectivity index is 1.44. The van der Waals surface area contributed by atoms with Gasteiger partial charge in [0, 0.05) is 4.88 Å². The second-order valence-corrected chi connectivity index (χ2v) is 8.02. The molecule has 0 bridgehead atoms. The van der Waals surface area contributed by atoms with Crippen LogP contribution in [0.25, 0.3) is 17.0 Å². The molecule has 1 aliphatic carbocycles. The second-order valence-electron chi connectivity index (χ2n) is 7.02. The van der Waals surface area contributed by atoms with E-state index < -0.39 is 0 Å². The number of thiophene rings is 1. The van der Waals surface area contributed by atoms with Gasteiger partial charge in [0.1, 0.15) is 6.33 Å². The second kappa shape index (κ2) is 5.79. The van der Waals surface area contributed by atoms with Gasteiger partial charge in [0.25, 0.3) is 0 Å². The molecule has 4 heterocycles. The summed E-state index contributed by atoms with van der Waals surface area (Å²) in [7, 11) is 0. The van der Waals surface area contributed by atoms with Gasteiger partial charge in [-0.1, -0.05) is 12.1 Å². The number of anilines is 2. The Hall–Kier alpha value is -2.93. The van der Waals surface area contributed by atoms with Crippen molar-refractivity contribution < 1.29 is 0 Å². The van der Waals surface area contributed by atoms with Crippen LogP contribution in [-0.4, -0.2) is 26.2 Å². The molecule has 27 heavy (non-hydrogen) atoms. The fourth-order valence-electron chi connectivity index (χ4n) is 4.23. The number of benzene rings is 1. The van der Waals surface area contributed by atoms with Gasteiger partial charge in [-0.15, -0.1) is 11.3 Å². The highest BCUT2D eigenvalue weighted by molar-refractivity contribution is 7.10. The molecule has 1 aliphatic heterocycles. The normalized spacial score (nSPS) is 18.4. The van der Waals surface area contributed by atoms with E-state index in [9.17, 15) is 0 Å². The van der Waals surface area contributed by atoms with Gasteiger partial charge in [-0.25, -0.2) is 9.97 Å². The van der Waals surface area contributed by atoms with Crippen LogP contribution >= 0.6 is 11.3 Å². The minimum Gasteiger partial charge on any atom is -0.363 e. The van der Waals surface area contributed by atoms with Crippen molar-refractivity contribution in [3.8, 4) is 5.95 Å². The number of fused-ring (bicyclic) bond motifs is 3. The summed E-state index contributed by atoms with van der Waals surface area (Å²) >= 11 is 1.88. The molecular weight excluding hydrogens is 356 g/mol. The first-order chi connectivity index (χ1) is 13.4. The third-order valence-corrected chi connectivity index (χ3v) is 6.53. The van der Waals surface area contributed by atoms with Crippen LogP contribution in [0.1, 0.15) is 29.3 Å². The third kappa shape index (κ3) is 2.28. The van der Waals surface area contributed by atoms with E-state index in [0.717, 1.165) is 35.6 Å². The highest BCUT2D eigenvalue weighted by Crippen LogP contribution is 2.42. The number of nitrogens with one attached hydrogen (secondary N) is 1. The Morgan fingerprint density at radius 1 is 1.15 bits per heavy atom. The van der Waals surface area contributed by atoms with Crippen molar-refractivity contribution in [1.29, 1.82) is 0 Å². The highest BCUT2D eigenvalue weighted by Gasteiger charge is 2.32. The Bertz CT molecular complexity index is 1150. The molecule has 1 atom stereocenters. The van der Waals surface area contributed by atoms with Crippen LogP contribution in [0.15, 0.2) is 48.2 Å². The molecule has 6 nitrogen and oxygen atoms in total. The molecule has 0 saturated carbocycles. The zero-order chi connectivity index (χ0) is 17.8. The quantitative estimate of drug-likeness (QED) is 0.571. The SMILES string of the molecule is c1ccc2c(c1)ncn2-c1ncc2c(n1)N(C1CCCc3sccc31)CN2. The fourth-order valence-corrected chi connectivity index (χ4v) is 5.21. The summed E-state index contributed by atoms with van der Waals surface area (Å²) in [5.41, 5.74) is 4.44. The number of nitrogens with zero attached hydrogens (tertiary/aromatic N) is 5. The van der Waals surface area contributed by atoms with Gasteiger partial charge in [0.15, 0.2) is 5.82 Å². The zero-order valence-corrected chi connectivity index (χ0v) is 15.5. The Morgan fingerprint density at radius 3 is 3.11 bits per heavy atom. The lowest BCUT2D eigenvalue weighted by molar-refractivity contribution is 0.538. The van der Waals surface area contributed by atoms with Crippen LogP contribution in [0.3, 0.4) is 0 Å². The maximum absolute atomic E-state index is 4.94. The van der Waals surface area contributed by atoms with Crippen molar-refractivity contribution in [3.05, 3.63) is 58.7 Å². The average Bonchev–Trinajstić information content (AvgIpc) is 3.44. The first kappa shape index (κ1) is 15.2. The molecule has 1 unspecified atom stereocenters. The summed E-state index contributed by atoms with van der Waals surface area (Å²) in [5.74, 6) is 1.65. The monoisotopic (exact) mass is 374 g/mol. The summed E-state index contributed by atoms with van der Waals surface area (Å²) in [6.45, 7) is 0.776. The van der Waals surface area contributed by atoms with Crippen molar-refractivity contribution in [3.63, 3.8) is 0 Å². The molecule has 7 heteroatoms. The van der Waals surface area contributed by atoms with E-state index in [4.69, 9.17) is 4.98 Å². The number of aryl methyl sites for hydroxylation is 1. The molecule has 4 aromatic rings. The van der Waals surface area contributed by atoms with Crippen molar-refractivity contribution in [2.75, 3.05) is 16.9 Å². The van der Waals surface area contributed by atoms with E-state index in [2.05, 4.69) is 31.6 Å². The summed E-state index contributed by atoms with van der Waals surface area (Å²) in [6.07, 6.45) is 7.29. The molecule has 3 aromatic heterocycles. The predicted molar refractivity (Wildman–Crippen MR) is 108 cm³/mol. The van der Waals surface area contributed by atoms with Gasteiger partial charge in [-0.3, -0.25) is 4.57 Å². The number of imidazole rings is 1. The molecule has 1 N–H and O–H groups in total. The van der Waals surface area contributed by atoms with Crippen molar-refractivity contribution in [2.24, 2.45) is 0 Å². The zero-order valence-electron chi connectivity index (χ0n) is 14.7. The molecule has 0 radical (unpaired) electrons. The number of hydrogen-bond donors (Lipinski definition) is 1. The van der Waals surface area contributed by atoms with E-state index in [0.29, 0.717) is 12.0 Å². The fraction of sp³-hybridized carbons (Fsp3) is 0.250. The lowest BCUT2D eigenvalue weighted by Crippen LogP contribution is -2.31. The minimum atomic E-state index is 0.385. The number of hydrogen-bond acceptors (Lipinski definition) is 6. The first-order valence-electron chi connectivity index (χ1n) is 9.25. The molecule has 2 aliphatic rings. The molecule has 1 aromatic carbocycles. The molecule has 6 rings (SSSR count). The molecular formula is C20H18N6S. The van der Waals surface area contributed by atoms with Gasteiger partial charge in [0.05, 0.1) is 35.6 Å². The molecule has 134 valence electrons. The number of para-hydroxylation sites is 2. The van der Waals surface area contributed by atoms with Gasteiger partial charge in [0.2, 0.25) is 5.95 Å². The van der Waals surface area contributed by atoms with Crippen LogP contribution in [0, 0.1) is 0 Å². The van der Waals surface area contributed by atoms with E-state index in [-0.39, 0.29) is 0 Å². The topological polar surface area (TPSA) is 58.9 Å². The van der Waals surface area contributed by atoms with Crippen molar-refractivity contribution in [2.45, 2.75) is 25.3 Å². The molecule has 0 amide bonds.